The Hall–Kier alpha value is -2.14. The first-order chi connectivity index (χ1) is 11.7. The van der Waals surface area contributed by atoms with Gasteiger partial charge in [0.2, 0.25) is 11.7 Å². The lowest BCUT2D eigenvalue weighted by atomic mass is 9.79. The van der Waals surface area contributed by atoms with Crippen LogP contribution < -0.4 is 0 Å². The van der Waals surface area contributed by atoms with Crippen molar-refractivity contribution in [3.05, 3.63) is 35.9 Å². The normalized spacial score (nSPS) is 26.3. The average Bonchev–Trinajstić information content (AvgIpc) is 3.21. The molecule has 2 bridgehead atoms. The lowest BCUT2D eigenvalue weighted by Crippen LogP contribution is -2.46. The van der Waals surface area contributed by atoms with Gasteiger partial charge < -0.3 is 14.0 Å². The van der Waals surface area contributed by atoms with Crippen molar-refractivity contribution in [2.24, 2.45) is 13.0 Å². The van der Waals surface area contributed by atoms with E-state index in [1.165, 1.54) is 42.4 Å². The van der Waals surface area contributed by atoms with Crippen LogP contribution in [0.4, 0.5) is 0 Å². The van der Waals surface area contributed by atoms with Crippen molar-refractivity contribution >= 4 is 10.9 Å². The van der Waals surface area contributed by atoms with Crippen LogP contribution in [0.3, 0.4) is 0 Å². The third kappa shape index (κ3) is 2.11. The number of hydrogen-bond acceptors (Lipinski definition) is 4. The van der Waals surface area contributed by atoms with Crippen LogP contribution in [0.2, 0.25) is 0 Å². The number of nitrogens with zero attached hydrogens (tertiary/aromatic N) is 4. The van der Waals surface area contributed by atoms with E-state index in [2.05, 4.69) is 53.0 Å². The molecule has 3 aromatic rings. The van der Waals surface area contributed by atoms with Crippen LogP contribution in [0.1, 0.15) is 30.2 Å². The number of hydrogen-bond donors (Lipinski definition) is 0. The molecule has 0 amide bonds. The molecular formula is C19H22N4O. The zero-order chi connectivity index (χ0) is 16.3. The van der Waals surface area contributed by atoms with Crippen LogP contribution in [-0.2, 0) is 7.05 Å². The largest absolute Gasteiger partial charge is 0.350 e. The van der Waals surface area contributed by atoms with E-state index in [0.717, 1.165) is 23.8 Å². The Balaban J connectivity index is 1.55. The minimum Gasteiger partial charge on any atom is -0.350 e. The highest BCUT2D eigenvalue weighted by Gasteiger charge is 2.38. The highest BCUT2D eigenvalue weighted by atomic mass is 16.5. The first-order valence-electron chi connectivity index (χ1n) is 8.81. The van der Waals surface area contributed by atoms with Crippen molar-refractivity contribution in [2.45, 2.75) is 25.7 Å². The summed E-state index contributed by atoms with van der Waals surface area (Å²) >= 11 is 0. The predicted octanol–water partition coefficient (Wildman–Crippen LogP) is 3.35. The number of benzene rings is 1. The molecule has 0 radical (unpaired) electrons. The Morgan fingerprint density at radius 2 is 2.04 bits per heavy atom. The van der Waals surface area contributed by atoms with Crippen LogP contribution in [0.15, 0.2) is 28.9 Å². The fourth-order valence-electron chi connectivity index (χ4n) is 4.42. The van der Waals surface area contributed by atoms with Crippen molar-refractivity contribution in [1.29, 1.82) is 0 Å². The highest BCUT2D eigenvalue weighted by Crippen LogP contribution is 2.39. The number of piperidine rings is 3. The van der Waals surface area contributed by atoms with Gasteiger partial charge in [-0.1, -0.05) is 16.8 Å². The topological polar surface area (TPSA) is 47.1 Å². The van der Waals surface area contributed by atoms with Crippen molar-refractivity contribution in [2.75, 3.05) is 19.6 Å². The monoisotopic (exact) mass is 322 g/mol. The first-order valence-corrected chi connectivity index (χ1v) is 8.81. The highest BCUT2D eigenvalue weighted by molar-refractivity contribution is 5.94. The van der Waals surface area contributed by atoms with E-state index in [4.69, 9.17) is 9.51 Å². The fraction of sp³-hybridized carbons (Fsp3) is 0.474. The molecule has 0 spiro atoms. The van der Waals surface area contributed by atoms with E-state index in [-0.39, 0.29) is 0 Å². The van der Waals surface area contributed by atoms with Crippen LogP contribution >= 0.6 is 0 Å². The molecule has 5 heterocycles. The molecule has 5 nitrogen and oxygen atoms in total. The third-order valence-electron chi connectivity index (χ3n) is 5.80. The standard InChI is InChI=1S/C19H22N4O/c1-12-3-4-17-14(9-12)16(10-22(17)2)18-20-19(24-21-18)15-11-23-7-5-13(15)6-8-23/h3-4,9-10,13,15H,5-8,11H2,1-2H3. The summed E-state index contributed by atoms with van der Waals surface area (Å²) in [4.78, 5) is 7.32. The number of aryl methyl sites for hydroxylation is 2. The number of rotatable bonds is 2. The molecule has 3 aliphatic rings. The van der Waals surface area contributed by atoms with Gasteiger partial charge in [-0.3, -0.25) is 0 Å². The Bertz CT molecular complexity index is 901. The van der Waals surface area contributed by atoms with E-state index >= 15 is 0 Å². The Labute approximate surface area is 141 Å². The maximum absolute atomic E-state index is 5.70. The first kappa shape index (κ1) is 14.2. The van der Waals surface area contributed by atoms with Crippen LogP contribution in [0.5, 0.6) is 0 Å². The predicted molar refractivity (Wildman–Crippen MR) is 92.9 cm³/mol. The summed E-state index contributed by atoms with van der Waals surface area (Å²) < 4.78 is 7.84. The molecule has 0 saturated carbocycles. The summed E-state index contributed by atoms with van der Waals surface area (Å²) in [6, 6.07) is 6.50. The summed E-state index contributed by atoms with van der Waals surface area (Å²) in [5.41, 5.74) is 3.51. The number of fused-ring (bicyclic) bond motifs is 4. The van der Waals surface area contributed by atoms with Crippen LogP contribution in [-0.4, -0.2) is 39.2 Å². The molecule has 3 saturated heterocycles. The average molecular weight is 322 g/mol. The van der Waals surface area contributed by atoms with E-state index < -0.39 is 0 Å². The van der Waals surface area contributed by atoms with Gasteiger partial charge in [0.05, 0.1) is 5.92 Å². The minimum atomic E-state index is 0.408. The van der Waals surface area contributed by atoms with Crippen LogP contribution in [0.25, 0.3) is 22.3 Å². The zero-order valence-electron chi connectivity index (χ0n) is 14.2. The molecule has 2 aromatic heterocycles. The maximum atomic E-state index is 5.70. The van der Waals surface area contributed by atoms with Crippen molar-refractivity contribution in [3.63, 3.8) is 0 Å². The molecule has 5 heteroatoms. The second-order valence-corrected chi connectivity index (χ2v) is 7.38. The second-order valence-electron chi connectivity index (χ2n) is 7.38. The molecule has 1 unspecified atom stereocenters. The Morgan fingerprint density at radius 3 is 2.79 bits per heavy atom. The SMILES string of the molecule is Cc1ccc2c(c1)c(-c1noc(C3CN4CCC3CC4)n1)cn2C. The molecule has 24 heavy (non-hydrogen) atoms. The summed E-state index contributed by atoms with van der Waals surface area (Å²) in [5, 5.41) is 5.51. The van der Waals surface area contributed by atoms with Gasteiger partial charge in [0, 0.05) is 36.3 Å². The molecule has 0 aliphatic carbocycles. The molecule has 124 valence electrons. The van der Waals surface area contributed by atoms with Gasteiger partial charge in [-0.05, 0) is 50.9 Å². The zero-order valence-corrected chi connectivity index (χ0v) is 14.2. The second kappa shape index (κ2) is 5.18. The molecule has 1 aromatic carbocycles. The van der Waals surface area contributed by atoms with Gasteiger partial charge in [0.25, 0.3) is 0 Å². The number of aromatic nitrogens is 3. The molecule has 0 N–H and O–H groups in total. The van der Waals surface area contributed by atoms with Gasteiger partial charge in [-0.2, -0.15) is 4.98 Å². The summed E-state index contributed by atoms with van der Waals surface area (Å²) in [7, 11) is 2.07. The molecule has 1 atom stereocenters. The van der Waals surface area contributed by atoms with Crippen LogP contribution in [0, 0.1) is 12.8 Å². The Kier molecular flexibility index (Phi) is 3.07. The molecule has 6 rings (SSSR count). The fourth-order valence-corrected chi connectivity index (χ4v) is 4.42. The van der Waals surface area contributed by atoms with E-state index in [1.807, 2.05) is 0 Å². The van der Waals surface area contributed by atoms with Gasteiger partial charge in [-0.25, -0.2) is 0 Å². The van der Waals surface area contributed by atoms with Gasteiger partial charge in [0.15, 0.2) is 0 Å². The van der Waals surface area contributed by atoms with E-state index in [1.54, 1.807) is 0 Å². The molecule has 3 fully saturated rings. The molecular weight excluding hydrogens is 300 g/mol. The Morgan fingerprint density at radius 1 is 1.21 bits per heavy atom. The van der Waals surface area contributed by atoms with Crippen molar-refractivity contribution in [3.8, 4) is 11.4 Å². The third-order valence-corrected chi connectivity index (χ3v) is 5.80. The lowest BCUT2D eigenvalue weighted by molar-refractivity contribution is 0.0727. The van der Waals surface area contributed by atoms with E-state index in [0.29, 0.717) is 11.8 Å². The summed E-state index contributed by atoms with van der Waals surface area (Å²) in [6.07, 6.45) is 4.63. The minimum absolute atomic E-state index is 0.408. The lowest BCUT2D eigenvalue weighted by Gasteiger charge is -2.43. The van der Waals surface area contributed by atoms with Gasteiger partial charge in [-0.15, -0.1) is 0 Å². The maximum Gasteiger partial charge on any atom is 0.231 e. The van der Waals surface area contributed by atoms with Gasteiger partial charge in [0.1, 0.15) is 0 Å². The molecule has 3 aliphatic heterocycles. The summed E-state index contributed by atoms with van der Waals surface area (Å²) in [6.45, 7) is 5.64. The summed E-state index contributed by atoms with van der Waals surface area (Å²) in [5.74, 6) is 2.66. The van der Waals surface area contributed by atoms with Crippen molar-refractivity contribution < 1.29 is 4.52 Å². The van der Waals surface area contributed by atoms with Gasteiger partial charge >= 0.3 is 0 Å². The quantitative estimate of drug-likeness (QED) is 0.726. The van der Waals surface area contributed by atoms with Crippen molar-refractivity contribution in [1.82, 2.24) is 19.6 Å². The smallest absolute Gasteiger partial charge is 0.231 e. The van der Waals surface area contributed by atoms with E-state index in [9.17, 15) is 0 Å².